The first-order chi connectivity index (χ1) is 16.7. The Bertz CT molecular complexity index is 1080. The van der Waals surface area contributed by atoms with Crippen molar-refractivity contribution in [2.24, 2.45) is 0 Å². The second kappa shape index (κ2) is 12.7. The maximum atomic E-state index is 5.29. The molecule has 0 radical (unpaired) electrons. The molecule has 34 heavy (non-hydrogen) atoms. The first kappa shape index (κ1) is 24.5. The average molecular weight is 487 g/mol. The Hall–Kier alpha value is -2.66. The van der Waals surface area contributed by atoms with Gasteiger partial charge in [-0.05, 0) is 82.3 Å². The molecule has 4 aromatic rings. The van der Waals surface area contributed by atoms with Gasteiger partial charge in [-0.15, -0.1) is 0 Å². The van der Waals surface area contributed by atoms with Crippen LogP contribution in [0.15, 0.2) is 97.1 Å². The van der Waals surface area contributed by atoms with E-state index < -0.39 is 0 Å². The minimum Gasteiger partial charge on any atom is -0.497 e. The maximum absolute atomic E-state index is 5.29. The summed E-state index contributed by atoms with van der Waals surface area (Å²) in [5, 5.41) is 2.99. The third kappa shape index (κ3) is 6.92. The molecule has 0 bridgehead atoms. The Kier molecular flexibility index (Phi) is 9.14. The van der Waals surface area contributed by atoms with Gasteiger partial charge in [-0.3, -0.25) is 0 Å². The Morgan fingerprint density at radius 1 is 0.500 bits per heavy atom. The van der Waals surface area contributed by atoms with E-state index in [2.05, 4.69) is 72.8 Å². The highest BCUT2D eigenvalue weighted by atomic mass is 31.1. The smallest absolute Gasteiger partial charge is 0.118 e. The molecule has 0 fully saturated rings. The van der Waals surface area contributed by atoms with E-state index in [-0.39, 0.29) is 0 Å². The van der Waals surface area contributed by atoms with Crippen LogP contribution in [0.2, 0.25) is 0 Å². The van der Waals surface area contributed by atoms with E-state index in [0.717, 1.165) is 41.5 Å². The van der Waals surface area contributed by atoms with Crippen molar-refractivity contribution in [1.82, 2.24) is 0 Å². The zero-order chi connectivity index (χ0) is 23.6. The van der Waals surface area contributed by atoms with Crippen molar-refractivity contribution in [2.45, 2.75) is 12.8 Å². The van der Waals surface area contributed by atoms with Crippen molar-refractivity contribution in [1.29, 1.82) is 0 Å². The molecule has 0 saturated carbocycles. The van der Waals surface area contributed by atoms with Gasteiger partial charge in [0, 0.05) is 0 Å². The first-order valence-corrected chi connectivity index (χ1v) is 14.1. The van der Waals surface area contributed by atoms with E-state index in [4.69, 9.17) is 9.47 Å². The quantitative estimate of drug-likeness (QED) is 0.186. The molecule has 0 spiro atoms. The molecule has 0 aromatic heterocycles. The summed E-state index contributed by atoms with van der Waals surface area (Å²) in [6.45, 7) is 0. The van der Waals surface area contributed by atoms with Crippen LogP contribution in [0.4, 0.5) is 0 Å². The molecule has 2 unspecified atom stereocenters. The molecule has 4 rings (SSSR count). The summed E-state index contributed by atoms with van der Waals surface area (Å²) in [6, 6.07) is 34.7. The monoisotopic (exact) mass is 486 g/mol. The number of ether oxygens (including phenoxy) is 2. The predicted octanol–water partition coefficient (Wildman–Crippen LogP) is 6.19. The van der Waals surface area contributed by atoms with Gasteiger partial charge < -0.3 is 9.47 Å². The number of hydrogen-bond acceptors (Lipinski definition) is 2. The summed E-state index contributed by atoms with van der Waals surface area (Å²) >= 11 is 0. The van der Waals surface area contributed by atoms with Crippen LogP contribution >= 0.6 is 17.2 Å². The zero-order valence-corrected chi connectivity index (χ0v) is 21.9. The van der Waals surface area contributed by atoms with E-state index in [0.29, 0.717) is 0 Å². The number of rotatable bonds is 11. The summed E-state index contributed by atoms with van der Waals surface area (Å²) in [5.41, 5.74) is 5.53. The number of benzene rings is 4. The second-order valence-corrected chi connectivity index (χ2v) is 11.0. The van der Waals surface area contributed by atoms with Crippen LogP contribution in [0.1, 0.15) is 22.3 Å². The molecule has 4 aromatic carbocycles. The molecule has 0 N–H and O–H groups in total. The molecule has 0 saturated heterocycles. The van der Waals surface area contributed by atoms with E-state index in [1.807, 2.05) is 24.3 Å². The van der Waals surface area contributed by atoms with Gasteiger partial charge in [-0.25, -0.2) is 0 Å². The molecule has 174 valence electrons. The lowest BCUT2D eigenvalue weighted by Crippen LogP contribution is -2.08. The molecular weight excluding hydrogens is 454 g/mol. The first-order valence-electron chi connectivity index (χ1n) is 11.6. The second-order valence-electron chi connectivity index (χ2n) is 8.22. The fourth-order valence-electron chi connectivity index (χ4n) is 4.01. The standard InChI is InChI=1S/C30H32O2P2/c1-31-27-15-11-23(12-16-27)21-25-7-3-5-9-29(25)33-19-20-34-30-10-6-4-8-26(30)22-24-13-17-28(32-2)18-14-24/h3-18,33-34H,19-22H2,1-2H3. The topological polar surface area (TPSA) is 18.5 Å². The third-order valence-corrected chi connectivity index (χ3v) is 9.14. The van der Waals surface area contributed by atoms with Gasteiger partial charge in [0.25, 0.3) is 0 Å². The van der Waals surface area contributed by atoms with Crippen LogP contribution in [-0.4, -0.2) is 26.5 Å². The molecule has 0 aliphatic heterocycles. The Labute approximate surface area is 207 Å². The van der Waals surface area contributed by atoms with Crippen LogP contribution in [-0.2, 0) is 12.8 Å². The molecule has 4 heteroatoms. The molecule has 2 atom stereocenters. The number of methoxy groups -OCH3 is 2. The van der Waals surface area contributed by atoms with Crippen molar-refractivity contribution in [3.63, 3.8) is 0 Å². The largest absolute Gasteiger partial charge is 0.497 e. The summed E-state index contributed by atoms with van der Waals surface area (Å²) in [7, 11) is 5.11. The van der Waals surface area contributed by atoms with Gasteiger partial charge >= 0.3 is 0 Å². The fraction of sp³-hybridized carbons (Fsp3) is 0.200. The molecule has 0 heterocycles. The third-order valence-electron chi connectivity index (χ3n) is 5.90. The highest BCUT2D eigenvalue weighted by Gasteiger charge is 2.06. The lowest BCUT2D eigenvalue weighted by molar-refractivity contribution is 0.414. The lowest BCUT2D eigenvalue weighted by atomic mass is 10.1. The van der Waals surface area contributed by atoms with Gasteiger partial charge in [0.05, 0.1) is 14.2 Å². The van der Waals surface area contributed by atoms with Gasteiger partial charge in [-0.2, -0.15) is 0 Å². The highest BCUT2D eigenvalue weighted by molar-refractivity contribution is 7.51. The maximum Gasteiger partial charge on any atom is 0.118 e. The summed E-state index contributed by atoms with van der Waals surface area (Å²) in [6.07, 6.45) is 4.41. The lowest BCUT2D eigenvalue weighted by Gasteiger charge is -2.12. The van der Waals surface area contributed by atoms with Crippen LogP contribution < -0.4 is 20.1 Å². The minimum absolute atomic E-state index is 0.841. The average Bonchev–Trinajstić information content (AvgIpc) is 2.89. The Morgan fingerprint density at radius 3 is 1.26 bits per heavy atom. The summed E-state index contributed by atoms with van der Waals surface area (Å²) < 4.78 is 10.6. The van der Waals surface area contributed by atoms with Gasteiger partial charge in [0.15, 0.2) is 0 Å². The van der Waals surface area contributed by atoms with Gasteiger partial charge in [0.1, 0.15) is 11.5 Å². The van der Waals surface area contributed by atoms with E-state index in [1.165, 1.54) is 45.2 Å². The zero-order valence-electron chi connectivity index (χ0n) is 19.9. The Morgan fingerprint density at radius 2 is 0.882 bits per heavy atom. The summed E-state index contributed by atoms with van der Waals surface area (Å²) in [4.78, 5) is 0. The molecule has 0 amide bonds. The molecule has 2 nitrogen and oxygen atoms in total. The molecule has 0 aliphatic carbocycles. The Balaban J connectivity index is 1.33. The fourth-order valence-corrected chi connectivity index (χ4v) is 6.78. The van der Waals surface area contributed by atoms with E-state index >= 15 is 0 Å². The summed E-state index contributed by atoms with van der Waals surface area (Å²) in [5.74, 6) is 1.82. The van der Waals surface area contributed by atoms with Gasteiger partial charge in [-0.1, -0.05) is 90.0 Å². The van der Waals surface area contributed by atoms with Crippen LogP contribution in [0.3, 0.4) is 0 Å². The normalized spacial score (nSPS) is 11.5. The van der Waals surface area contributed by atoms with Crippen molar-refractivity contribution in [3.05, 3.63) is 119 Å². The SMILES string of the molecule is COc1ccc(Cc2ccccc2PCCPc2ccccc2Cc2ccc(OC)cc2)cc1. The van der Waals surface area contributed by atoms with Crippen LogP contribution in [0.5, 0.6) is 11.5 Å². The number of hydrogen-bond donors (Lipinski definition) is 0. The predicted molar refractivity (Wildman–Crippen MR) is 150 cm³/mol. The molecule has 0 aliphatic rings. The van der Waals surface area contributed by atoms with Gasteiger partial charge in [0.2, 0.25) is 0 Å². The highest BCUT2D eigenvalue weighted by Crippen LogP contribution is 2.23. The van der Waals surface area contributed by atoms with Crippen LogP contribution in [0, 0.1) is 0 Å². The van der Waals surface area contributed by atoms with Crippen LogP contribution in [0.25, 0.3) is 0 Å². The molecular formula is C30H32O2P2. The minimum atomic E-state index is 0.841. The van der Waals surface area contributed by atoms with E-state index in [9.17, 15) is 0 Å². The van der Waals surface area contributed by atoms with Crippen molar-refractivity contribution in [3.8, 4) is 11.5 Å². The van der Waals surface area contributed by atoms with Crippen molar-refractivity contribution in [2.75, 3.05) is 26.5 Å². The van der Waals surface area contributed by atoms with E-state index in [1.54, 1.807) is 14.2 Å². The van der Waals surface area contributed by atoms with Crippen molar-refractivity contribution < 1.29 is 9.47 Å². The van der Waals surface area contributed by atoms with Crippen molar-refractivity contribution >= 4 is 27.8 Å².